The molecule has 2 aliphatic carbocycles. The van der Waals surface area contributed by atoms with Crippen LogP contribution in [0.25, 0.3) is 5.65 Å². The lowest BCUT2D eigenvalue weighted by molar-refractivity contribution is -0.120. The zero-order valence-electron chi connectivity index (χ0n) is 21.2. The number of carbonyl (C=O) groups is 2. The summed E-state index contributed by atoms with van der Waals surface area (Å²) in [5, 5.41) is 11.6. The number of rotatable bonds is 12. The molecule has 0 unspecified atom stereocenters. The molecule has 4 aromatic heterocycles. The minimum absolute atomic E-state index is 0.000643. The Morgan fingerprint density at radius 2 is 2.00 bits per heavy atom. The molecule has 39 heavy (non-hydrogen) atoms. The fourth-order valence-electron chi connectivity index (χ4n) is 4.82. The van der Waals surface area contributed by atoms with Crippen molar-refractivity contribution in [2.24, 2.45) is 11.7 Å². The summed E-state index contributed by atoms with van der Waals surface area (Å²) < 4.78 is 1.75. The monoisotopic (exact) mass is 545 g/mol. The molecule has 0 radical (unpaired) electrons. The number of nitrogens with two attached hydrogens (primary N) is 1. The molecule has 0 bridgehead atoms. The van der Waals surface area contributed by atoms with Gasteiger partial charge in [-0.05, 0) is 55.4 Å². The lowest BCUT2D eigenvalue weighted by Gasteiger charge is -2.08. The molecular weight excluding hydrogens is 518 g/mol. The van der Waals surface area contributed by atoms with E-state index in [-0.39, 0.29) is 24.2 Å². The van der Waals surface area contributed by atoms with Crippen molar-refractivity contribution in [1.82, 2.24) is 29.5 Å². The molecule has 0 saturated heterocycles. The van der Waals surface area contributed by atoms with Gasteiger partial charge in [-0.2, -0.15) is 0 Å². The Labute approximate surface area is 229 Å². The van der Waals surface area contributed by atoms with Gasteiger partial charge < -0.3 is 16.4 Å². The molecule has 4 N–H and O–H groups in total. The molecule has 4 aromatic rings. The van der Waals surface area contributed by atoms with E-state index in [0.717, 1.165) is 41.9 Å². The van der Waals surface area contributed by atoms with Crippen LogP contribution >= 0.6 is 11.6 Å². The lowest BCUT2D eigenvalue weighted by Crippen LogP contribution is -2.22. The molecule has 2 saturated carbocycles. The Kier molecular flexibility index (Phi) is 6.82. The smallest absolute Gasteiger partial charge is 0.236 e. The summed E-state index contributed by atoms with van der Waals surface area (Å²) in [5.41, 5.74) is 9.52. The van der Waals surface area contributed by atoms with Crippen LogP contribution in [0.2, 0.25) is 5.02 Å². The van der Waals surface area contributed by atoms with Crippen molar-refractivity contribution in [3.05, 3.63) is 70.8 Å². The third-order valence-electron chi connectivity index (χ3n) is 7.11. The van der Waals surface area contributed by atoms with Crippen LogP contribution in [-0.2, 0) is 22.6 Å². The minimum Gasteiger partial charge on any atom is -0.373 e. The van der Waals surface area contributed by atoms with Gasteiger partial charge in [-0.1, -0.05) is 11.6 Å². The molecule has 2 atom stereocenters. The third kappa shape index (κ3) is 5.98. The second-order valence-corrected chi connectivity index (χ2v) is 10.6. The van der Waals surface area contributed by atoms with Gasteiger partial charge in [0.25, 0.3) is 0 Å². The number of carbonyl (C=O) groups excluding carboxylic acids is 2. The molecular formula is C27H28ClN9O2. The molecule has 4 heterocycles. The maximum atomic E-state index is 12.7. The third-order valence-corrected chi connectivity index (χ3v) is 7.34. The molecule has 2 aliphatic rings. The average Bonchev–Trinajstić information content (AvgIpc) is 3.86. The van der Waals surface area contributed by atoms with Crippen LogP contribution < -0.4 is 16.4 Å². The van der Waals surface area contributed by atoms with Gasteiger partial charge in [0.15, 0.2) is 11.5 Å². The van der Waals surface area contributed by atoms with Gasteiger partial charge in [0.05, 0.1) is 18.8 Å². The van der Waals surface area contributed by atoms with Crippen LogP contribution in [0.3, 0.4) is 0 Å². The second kappa shape index (κ2) is 10.6. The number of primary amides is 1. The van der Waals surface area contributed by atoms with Gasteiger partial charge in [-0.25, -0.2) is 19.5 Å². The highest BCUT2D eigenvalue weighted by molar-refractivity contribution is 6.30. The van der Waals surface area contributed by atoms with Crippen LogP contribution in [0.15, 0.2) is 43.0 Å². The predicted molar refractivity (Wildman–Crippen MR) is 145 cm³/mol. The Morgan fingerprint density at radius 3 is 2.79 bits per heavy atom. The molecule has 11 nitrogen and oxygen atoms in total. The molecule has 200 valence electrons. The van der Waals surface area contributed by atoms with Crippen molar-refractivity contribution in [2.45, 2.75) is 50.5 Å². The van der Waals surface area contributed by atoms with E-state index in [1.165, 1.54) is 6.33 Å². The van der Waals surface area contributed by atoms with Crippen LogP contribution in [0, 0.1) is 5.92 Å². The average molecular weight is 546 g/mol. The molecule has 1 amide bonds. The lowest BCUT2D eigenvalue weighted by atomic mass is 10.1. The van der Waals surface area contributed by atoms with Crippen molar-refractivity contribution in [3.63, 3.8) is 0 Å². The van der Waals surface area contributed by atoms with Gasteiger partial charge in [-0.15, -0.1) is 5.10 Å². The van der Waals surface area contributed by atoms with E-state index in [4.69, 9.17) is 17.3 Å². The number of nitrogens with one attached hydrogen (secondary N) is 2. The fourth-order valence-corrected chi connectivity index (χ4v) is 4.99. The number of nitrogens with zero attached hydrogens (tertiary/aromatic N) is 6. The molecule has 0 aliphatic heterocycles. The van der Waals surface area contributed by atoms with Gasteiger partial charge in [-0.3, -0.25) is 14.6 Å². The van der Waals surface area contributed by atoms with Crippen LogP contribution in [-0.4, -0.2) is 47.8 Å². The van der Waals surface area contributed by atoms with Crippen molar-refractivity contribution < 1.29 is 9.59 Å². The topological polar surface area (TPSA) is 153 Å². The Morgan fingerprint density at radius 1 is 1.13 bits per heavy atom. The normalized spacial score (nSPS) is 18.2. The summed E-state index contributed by atoms with van der Waals surface area (Å²) in [6.07, 6.45) is 9.22. The van der Waals surface area contributed by atoms with E-state index in [1.54, 1.807) is 16.8 Å². The number of pyridine rings is 2. The standard InChI is InChI=1S/C27H28ClN9O2/c28-17-5-6-30-21(8-17)19-10-20(19)23(38)4-3-18-9-25(34-14-33-18)32-12-26-35-27-22(31-11-24(29)39)7-16(15-1-2-15)13-37(27)36-26/h5-9,13-15,19-20,31H,1-4,10-12H2,(H2,29,39)(H,32,33,34)/t19-,20-/m0/s1. The number of fused-ring (bicyclic) bond motifs is 1. The van der Waals surface area contributed by atoms with E-state index in [2.05, 4.69) is 35.7 Å². The first-order chi connectivity index (χ1) is 18.9. The van der Waals surface area contributed by atoms with Gasteiger partial charge >= 0.3 is 0 Å². The predicted octanol–water partition coefficient (Wildman–Crippen LogP) is 3.26. The first-order valence-electron chi connectivity index (χ1n) is 13.0. The van der Waals surface area contributed by atoms with Gasteiger partial charge in [0, 0.05) is 53.1 Å². The number of halogens is 1. The summed E-state index contributed by atoms with van der Waals surface area (Å²) in [5.74, 6) is 1.65. The highest BCUT2D eigenvalue weighted by Gasteiger charge is 2.44. The second-order valence-electron chi connectivity index (χ2n) is 10.1. The molecule has 6 rings (SSSR count). The first-order valence-corrected chi connectivity index (χ1v) is 13.4. The van der Waals surface area contributed by atoms with Gasteiger partial charge in [0.1, 0.15) is 17.9 Å². The van der Waals surface area contributed by atoms with E-state index >= 15 is 0 Å². The van der Waals surface area contributed by atoms with E-state index in [0.29, 0.717) is 47.6 Å². The number of hydrogen-bond donors (Lipinski definition) is 3. The largest absolute Gasteiger partial charge is 0.373 e. The number of amides is 1. The molecule has 0 spiro atoms. The minimum atomic E-state index is -0.442. The van der Waals surface area contributed by atoms with E-state index in [1.807, 2.05) is 24.4 Å². The van der Waals surface area contributed by atoms with Crippen molar-refractivity contribution in [1.29, 1.82) is 0 Å². The number of aromatic nitrogens is 6. The highest BCUT2D eigenvalue weighted by atomic mass is 35.5. The molecule has 2 fully saturated rings. The number of Topliss-reactive ketones (excluding diaryl/α,β-unsaturated/α-hetero) is 1. The number of hydrogen-bond acceptors (Lipinski definition) is 9. The Bertz CT molecular complexity index is 1550. The zero-order valence-corrected chi connectivity index (χ0v) is 21.9. The summed E-state index contributed by atoms with van der Waals surface area (Å²) in [7, 11) is 0. The van der Waals surface area contributed by atoms with Crippen molar-refractivity contribution in [3.8, 4) is 0 Å². The number of aryl methyl sites for hydroxylation is 1. The quantitative estimate of drug-likeness (QED) is 0.243. The summed E-state index contributed by atoms with van der Waals surface area (Å²) in [6.45, 7) is 0.372. The van der Waals surface area contributed by atoms with Crippen molar-refractivity contribution in [2.75, 3.05) is 17.2 Å². The highest BCUT2D eigenvalue weighted by Crippen LogP contribution is 2.48. The fraction of sp³-hybridized carbons (Fsp3) is 0.370. The Balaban J connectivity index is 1.07. The number of ketones is 1. The number of anilines is 2. The maximum Gasteiger partial charge on any atom is 0.236 e. The van der Waals surface area contributed by atoms with Crippen LogP contribution in [0.1, 0.15) is 60.3 Å². The van der Waals surface area contributed by atoms with Crippen molar-refractivity contribution >= 4 is 40.4 Å². The van der Waals surface area contributed by atoms with Crippen LogP contribution in [0.4, 0.5) is 11.5 Å². The summed E-state index contributed by atoms with van der Waals surface area (Å²) in [6, 6.07) is 7.44. The van der Waals surface area contributed by atoms with E-state index < -0.39 is 5.91 Å². The Hall–Kier alpha value is -4.12. The summed E-state index contributed by atoms with van der Waals surface area (Å²) in [4.78, 5) is 41.7. The van der Waals surface area contributed by atoms with Crippen LogP contribution in [0.5, 0.6) is 0 Å². The van der Waals surface area contributed by atoms with E-state index in [9.17, 15) is 9.59 Å². The first kappa shape index (κ1) is 25.2. The van der Waals surface area contributed by atoms with Gasteiger partial charge in [0.2, 0.25) is 5.91 Å². The maximum absolute atomic E-state index is 12.7. The SMILES string of the molecule is NC(=O)CNc1cc(C2CC2)cn2nc(CNc3cc(CCC(=O)[C@H]4C[C@@H]4c4cc(Cl)ccn4)ncn3)nc12. The molecule has 12 heteroatoms. The summed E-state index contributed by atoms with van der Waals surface area (Å²) >= 11 is 6.06. The zero-order chi connectivity index (χ0) is 26.9. The molecule has 0 aromatic carbocycles.